The monoisotopic (exact) mass is 248 g/mol. The second kappa shape index (κ2) is 5.48. The van der Waals surface area contributed by atoms with E-state index in [9.17, 15) is 10.1 Å². The lowest BCUT2D eigenvalue weighted by Crippen LogP contribution is -2.39. The molecule has 98 valence electrons. The Morgan fingerprint density at radius 2 is 2.00 bits per heavy atom. The standard InChI is InChI=1S/C14H20N2O2/c1-2-14(8-3-9-14)11-15-10-12-4-6-13(7-5-12)16(17)18/h4-7,15H,2-3,8-11H2,1H3. The molecule has 2 rings (SSSR count). The van der Waals surface area contributed by atoms with E-state index in [4.69, 9.17) is 0 Å². The Kier molecular flexibility index (Phi) is 3.97. The van der Waals surface area contributed by atoms with Crippen LogP contribution >= 0.6 is 0 Å². The van der Waals surface area contributed by atoms with Gasteiger partial charge >= 0.3 is 0 Å². The topological polar surface area (TPSA) is 55.2 Å². The zero-order valence-corrected chi connectivity index (χ0v) is 10.8. The molecule has 0 aliphatic heterocycles. The predicted molar refractivity (Wildman–Crippen MR) is 71.4 cm³/mol. The number of nitrogens with one attached hydrogen (secondary N) is 1. The molecule has 0 unspecified atom stereocenters. The molecule has 4 nitrogen and oxygen atoms in total. The summed E-state index contributed by atoms with van der Waals surface area (Å²) in [5, 5.41) is 14.0. The van der Waals surface area contributed by atoms with E-state index < -0.39 is 0 Å². The van der Waals surface area contributed by atoms with E-state index >= 15 is 0 Å². The molecule has 0 amide bonds. The lowest BCUT2D eigenvalue weighted by atomic mass is 9.67. The highest BCUT2D eigenvalue weighted by atomic mass is 16.6. The van der Waals surface area contributed by atoms with Gasteiger partial charge in [0.15, 0.2) is 0 Å². The first kappa shape index (κ1) is 13.0. The van der Waals surface area contributed by atoms with E-state index in [2.05, 4.69) is 12.2 Å². The van der Waals surface area contributed by atoms with Crippen molar-refractivity contribution >= 4 is 5.69 Å². The van der Waals surface area contributed by atoms with E-state index in [-0.39, 0.29) is 10.6 Å². The summed E-state index contributed by atoms with van der Waals surface area (Å²) in [5.41, 5.74) is 1.77. The molecule has 0 aromatic heterocycles. The first-order chi connectivity index (χ1) is 8.65. The van der Waals surface area contributed by atoms with Gasteiger partial charge < -0.3 is 5.32 Å². The third-order valence-electron chi connectivity index (χ3n) is 4.14. The minimum absolute atomic E-state index is 0.155. The van der Waals surface area contributed by atoms with Crippen LogP contribution in [0.4, 0.5) is 5.69 Å². The van der Waals surface area contributed by atoms with Gasteiger partial charge in [-0.05, 0) is 30.2 Å². The smallest absolute Gasteiger partial charge is 0.269 e. The Morgan fingerprint density at radius 3 is 2.44 bits per heavy atom. The summed E-state index contributed by atoms with van der Waals surface area (Å²) < 4.78 is 0. The van der Waals surface area contributed by atoms with E-state index in [1.807, 2.05) is 12.1 Å². The maximum absolute atomic E-state index is 10.5. The first-order valence-corrected chi connectivity index (χ1v) is 6.59. The first-order valence-electron chi connectivity index (χ1n) is 6.59. The van der Waals surface area contributed by atoms with Crippen molar-refractivity contribution in [3.8, 4) is 0 Å². The van der Waals surface area contributed by atoms with Crippen LogP contribution in [0.5, 0.6) is 0 Å². The van der Waals surface area contributed by atoms with Crippen LogP contribution in [0, 0.1) is 15.5 Å². The highest BCUT2D eigenvalue weighted by Gasteiger charge is 2.34. The Balaban J connectivity index is 1.81. The molecule has 1 fully saturated rings. The fourth-order valence-corrected chi connectivity index (χ4v) is 2.54. The molecule has 0 atom stereocenters. The summed E-state index contributed by atoms with van der Waals surface area (Å²) in [6, 6.07) is 6.78. The number of non-ortho nitro benzene ring substituents is 1. The molecule has 1 aromatic carbocycles. The SMILES string of the molecule is CCC1(CNCc2ccc([N+](=O)[O-])cc2)CCC1. The Hall–Kier alpha value is -1.42. The number of hydrogen-bond acceptors (Lipinski definition) is 3. The lowest BCUT2D eigenvalue weighted by Gasteiger charge is -2.41. The predicted octanol–water partition coefficient (Wildman–Crippen LogP) is 3.26. The van der Waals surface area contributed by atoms with Crippen LogP contribution < -0.4 is 5.32 Å². The summed E-state index contributed by atoms with van der Waals surface area (Å²) in [5.74, 6) is 0. The summed E-state index contributed by atoms with van der Waals surface area (Å²) in [6.07, 6.45) is 5.25. The largest absolute Gasteiger partial charge is 0.312 e. The third-order valence-corrected chi connectivity index (χ3v) is 4.14. The van der Waals surface area contributed by atoms with Crippen molar-refractivity contribution in [1.82, 2.24) is 5.32 Å². The maximum atomic E-state index is 10.5. The summed E-state index contributed by atoms with van der Waals surface area (Å²) in [4.78, 5) is 10.2. The molecule has 0 bridgehead atoms. The molecular weight excluding hydrogens is 228 g/mol. The quantitative estimate of drug-likeness (QED) is 0.621. The van der Waals surface area contributed by atoms with E-state index in [0.717, 1.165) is 18.7 Å². The zero-order valence-electron chi connectivity index (χ0n) is 10.8. The lowest BCUT2D eigenvalue weighted by molar-refractivity contribution is -0.384. The fraction of sp³-hybridized carbons (Fsp3) is 0.571. The van der Waals surface area contributed by atoms with Crippen LogP contribution in [0.15, 0.2) is 24.3 Å². The van der Waals surface area contributed by atoms with Crippen molar-refractivity contribution in [2.24, 2.45) is 5.41 Å². The molecule has 0 spiro atoms. The average molecular weight is 248 g/mol. The maximum Gasteiger partial charge on any atom is 0.269 e. The van der Waals surface area contributed by atoms with Crippen LogP contribution in [0.25, 0.3) is 0 Å². The van der Waals surface area contributed by atoms with Gasteiger partial charge in [-0.3, -0.25) is 10.1 Å². The van der Waals surface area contributed by atoms with Gasteiger partial charge in [-0.25, -0.2) is 0 Å². The highest BCUT2D eigenvalue weighted by molar-refractivity contribution is 5.32. The summed E-state index contributed by atoms with van der Waals surface area (Å²) in [7, 11) is 0. The molecule has 4 heteroatoms. The summed E-state index contributed by atoms with van der Waals surface area (Å²) in [6.45, 7) is 4.10. The van der Waals surface area contributed by atoms with E-state index in [1.165, 1.54) is 25.7 Å². The van der Waals surface area contributed by atoms with Crippen LogP contribution in [-0.2, 0) is 6.54 Å². The molecular formula is C14H20N2O2. The van der Waals surface area contributed by atoms with Gasteiger partial charge in [0.25, 0.3) is 5.69 Å². The van der Waals surface area contributed by atoms with Crippen molar-refractivity contribution in [3.63, 3.8) is 0 Å². The molecule has 1 N–H and O–H groups in total. The Bertz CT molecular complexity index is 405. The van der Waals surface area contributed by atoms with E-state index in [0.29, 0.717) is 5.41 Å². The van der Waals surface area contributed by atoms with Crippen LogP contribution in [0.2, 0.25) is 0 Å². The van der Waals surface area contributed by atoms with Crippen molar-refractivity contribution in [2.45, 2.75) is 39.2 Å². The number of hydrogen-bond donors (Lipinski definition) is 1. The second-order valence-electron chi connectivity index (χ2n) is 5.23. The van der Waals surface area contributed by atoms with Gasteiger partial charge in [-0.1, -0.05) is 25.5 Å². The van der Waals surface area contributed by atoms with Crippen LogP contribution in [0.1, 0.15) is 38.2 Å². The molecule has 1 aliphatic rings. The third kappa shape index (κ3) is 2.88. The minimum Gasteiger partial charge on any atom is -0.312 e. The van der Waals surface area contributed by atoms with Crippen molar-refractivity contribution in [1.29, 1.82) is 0 Å². The molecule has 1 saturated carbocycles. The van der Waals surface area contributed by atoms with Gasteiger partial charge in [0.05, 0.1) is 4.92 Å². The average Bonchev–Trinajstić information content (AvgIpc) is 2.33. The van der Waals surface area contributed by atoms with Gasteiger partial charge in [0, 0.05) is 25.2 Å². The number of nitrogens with zero attached hydrogens (tertiary/aromatic N) is 1. The van der Waals surface area contributed by atoms with E-state index in [1.54, 1.807) is 12.1 Å². The Morgan fingerprint density at radius 1 is 1.33 bits per heavy atom. The molecule has 0 radical (unpaired) electrons. The molecule has 1 aromatic rings. The van der Waals surface area contributed by atoms with Gasteiger partial charge in [-0.15, -0.1) is 0 Å². The van der Waals surface area contributed by atoms with Crippen LogP contribution in [0.3, 0.4) is 0 Å². The summed E-state index contributed by atoms with van der Waals surface area (Å²) >= 11 is 0. The highest BCUT2D eigenvalue weighted by Crippen LogP contribution is 2.43. The number of nitro benzene ring substituents is 1. The zero-order chi connectivity index (χ0) is 13.0. The molecule has 0 heterocycles. The van der Waals surface area contributed by atoms with Crippen molar-refractivity contribution < 1.29 is 4.92 Å². The van der Waals surface area contributed by atoms with Gasteiger partial charge in [-0.2, -0.15) is 0 Å². The van der Waals surface area contributed by atoms with Gasteiger partial charge in [0.1, 0.15) is 0 Å². The number of nitro groups is 1. The fourth-order valence-electron chi connectivity index (χ4n) is 2.54. The normalized spacial score (nSPS) is 17.2. The molecule has 0 saturated heterocycles. The second-order valence-corrected chi connectivity index (χ2v) is 5.23. The minimum atomic E-state index is -0.363. The number of benzene rings is 1. The van der Waals surface area contributed by atoms with Crippen molar-refractivity contribution in [2.75, 3.05) is 6.54 Å². The van der Waals surface area contributed by atoms with Gasteiger partial charge in [0.2, 0.25) is 0 Å². The van der Waals surface area contributed by atoms with Crippen LogP contribution in [-0.4, -0.2) is 11.5 Å². The Labute approximate surface area is 108 Å². The van der Waals surface area contributed by atoms with Crippen molar-refractivity contribution in [3.05, 3.63) is 39.9 Å². The number of rotatable bonds is 6. The molecule has 1 aliphatic carbocycles. The molecule has 18 heavy (non-hydrogen) atoms.